The molecular formula is C22H19N9. The number of rotatable bonds is 4. The Balaban J connectivity index is 1.64. The van der Waals surface area contributed by atoms with Gasteiger partial charge in [-0.3, -0.25) is 9.67 Å². The number of benzene rings is 1. The van der Waals surface area contributed by atoms with Crippen molar-refractivity contribution in [2.24, 2.45) is 13.0 Å². The molecule has 3 heterocycles. The van der Waals surface area contributed by atoms with Crippen LogP contribution < -0.4 is 5.73 Å². The van der Waals surface area contributed by atoms with Gasteiger partial charge in [0.2, 0.25) is 0 Å². The lowest BCUT2D eigenvalue weighted by atomic mass is 9.68. The minimum absolute atomic E-state index is 0.0651. The van der Waals surface area contributed by atoms with Gasteiger partial charge in [-0.1, -0.05) is 6.07 Å². The quantitative estimate of drug-likeness (QED) is 0.547. The molecule has 1 fully saturated rings. The van der Waals surface area contributed by atoms with Gasteiger partial charge in [0, 0.05) is 29.8 Å². The van der Waals surface area contributed by atoms with Crippen LogP contribution in [0.25, 0.3) is 33.3 Å². The summed E-state index contributed by atoms with van der Waals surface area (Å²) in [4.78, 5) is 6.14. The van der Waals surface area contributed by atoms with E-state index in [1.54, 1.807) is 35.1 Å². The fraction of sp³-hybridized carbons (Fsp3) is 0.273. The highest BCUT2D eigenvalue weighted by Crippen LogP contribution is 2.45. The van der Waals surface area contributed by atoms with E-state index < -0.39 is 5.54 Å². The Bertz CT molecular complexity index is 1380. The highest BCUT2D eigenvalue weighted by molar-refractivity contribution is 5.98. The van der Waals surface area contributed by atoms with Crippen LogP contribution in [0.1, 0.15) is 19.3 Å². The van der Waals surface area contributed by atoms with E-state index in [9.17, 15) is 10.5 Å². The van der Waals surface area contributed by atoms with Crippen molar-refractivity contribution in [3.63, 3.8) is 0 Å². The van der Waals surface area contributed by atoms with Crippen molar-refractivity contribution in [1.82, 2.24) is 29.8 Å². The molecule has 0 unspecified atom stereocenters. The van der Waals surface area contributed by atoms with Crippen molar-refractivity contribution in [3.05, 3.63) is 42.9 Å². The molecule has 0 radical (unpaired) electrons. The van der Waals surface area contributed by atoms with Gasteiger partial charge in [-0.2, -0.15) is 30.6 Å². The van der Waals surface area contributed by atoms with Crippen LogP contribution in [-0.2, 0) is 12.6 Å². The van der Waals surface area contributed by atoms with Crippen LogP contribution in [0.15, 0.2) is 42.9 Å². The first-order valence-electron chi connectivity index (χ1n) is 9.91. The molecule has 0 atom stereocenters. The molecule has 152 valence electrons. The van der Waals surface area contributed by atoms with Crippen molar-refractivity contribution >= 4 is 16.7 Å². The third-order valence-corrected chi connectivity index (χ3v) is 6.05. The van der Waals surface area contributed by atoms with Gasteiger partial charge in [0.25, 0.3) is 0 Å². The van der Waals surface area contributed by atoms with Crippen LogP contribution in [-0.4, -0.2) is 29.8 Å². The predicted octanol–water partition coefficient (Wildman–Crippen LogP) is 3.02. The zero-order chi connectivity index (χ0) is 21.6. The van der Waals surface area contributed by atoms with E-state index in [0.717, 1.165) is 27.6 Å². The van der Waals surface area contributed by atoms with E-state index in [0.29, 0.717) is 24.4 Å². The second-order valence-corrected chi connectivity index (χ2v) is 7.97. The second-order valence-electron chi connectivity index (χ2n) is 7.97. The second kappa shape index (κ2) is 6.92. The van der Waals surface area contributed by atoms with E-state index in [-0.39, 0.29) is 12.3 Å². The van der Waals surface area contributed by atoms with Crippen molar-refractivity contribution in [2.45, 2.75) is 24.8 Å². The van der Waals surface area contributed by atoms with E-state index >= 15 is 0 Å². The monoisotopic (exact) mass is 409 g/mol. The molecule has 0 aliphatic heterocycles. The molecule has 9 heteroatoms. The molecule has 3 aromatic heterocycles. The standard InChI is InChI=1S/C22H19N9/c1-30-21(25)18(12-27-30)15-7-17(16-3-2-6-26-19(16)8-15)20-13-28-31(29-20)22(4-5-23)9-14(10-22)11-24/h2-3,6-8,12-14H,4,9-10,25H2,1H3/t14-,22-. The Morgan fingerprint density at radius 3 is 2.74 bits per heavy atom. The number of aryl methyl sites for hydroxylation is 1. The van der Waals surface area contributed by atoms with Crippen LogP contribution in [0.4, 0.5) is 5.82 Å². The summed E-state index contributed by atoms with van der Waals surface area (Å²) in [6, 6.07) is 12.4. The van der Waals surface area contributed by atoms with Crippen molar-refractivity contribution in [3.8, 4) is 34.5 Å². The lowest BCUT2D eigenvalue weighted by Gasteiger charge is -2.42. The number of nitrogens with zero attached hydrogens (tertiary/aromatic N) is 8. The molecule has 9 nitrogen and oxygen atoms in total. The van der Waals surface area contributed by atoms with Gasteiger partial charge in [0.05, 0.1) is 47.9 Å². The molecule has 1 saturated carbocycles. The summed E-state index contributed by atoms with van der Waals surface area (Å²) in [6.07, 6.45) is 6.63. The number of nitriles is 2. The molecule has 1 aliphatic rings. The average Bonchev–Trinajstić information content (AvgIpc) is 3.37. The number of hydrogen-bond acceptors (Lipinski definition) is 7. The SMILES string of the molecule is Cn1ncc(-c2cc(-c3cnn([C@]4(CC#N)C[C@@H](C#N)C4)n3)c3cccnc3c2)c1N. The predicted molar refractivity (Wildman–Crippen MR) is 114 cm³/mol. The highest BCUT2D eigenvalue weighted by atomic mass is 15.5. The number of fused-ring (bicyclic) bond motifs is 1. The van der Waals surface area contributed by atoms with Gasteiger partial charge in [0.15, 0.2) is 0 Å². The maximum absolute atomic E-state index is 9.31. The largest absolute Gasteiger partial charge is 0.383 e. The maximum atomic E-state index is 9.31. The van der Waals surface area contributed by atoms with Gasteiger partial charge in [-0.15, -0.1) is 0 Å². The molecule has 31 heavy (non-hydrogen) atoms. The molecule has 0 spiro atoms. The number of anilines is 1. The lowest BCUT2D eigenvalue weighted by molar-refractivity contribution is 0.0713. The average molecular weight is 409 g/mol. The first-order valence-corrected chi connectivity index (χ1v) is 9.91. The molecule has 2 N–H and O–H groups in total. The number of pyridine rings is 1. The van der Waals surface area contributed by atoms with Crippen molar-refractivity contribution in [1.29, 1.82) is 10.5 Å². The first kappa shape index (κ1) is 18.8. The first-order chi connectivity index (χ1) is 15.0. The van der Waals surface area contributed by atoms with Crippen LogP contribution in [0.3, 0.4) is 0 Å². The van der Waals surface area contributed by atoms with Crippen LogP contribution >= 0.6 is 0 Å². The van der Waals surface area contributed by atoms with Gasteiger partial charge in [-0.05, 0) is 36.6 Å². The third-order valence-electron chi connectivity index (χ3n) is 6.05. The van der Waals surface area contributed by atoms with Crippen LogP contribution in [0.2, 0.25) is 0 Å². The van der Waals surface area contributed by atoms with E-state index in [4.69, 9.17) is 10.8 Å². The van der Waals surface area contributed by atoms with E-state index in [1.165, 1.54) is 0 Å². The number of aromatic nitrogens is 6. The normalized spacial score (nSPS) is 20.2. The minimum Gasteiger partial charge on any atom is -0.383 e. The molecule has 0 saturated heterocycles. The Morgan fingerprint density at radius 1 is 1.19 bits per heavy atom. The van der Waals surface area contributed by atoms with E-state index in [1.807, 2.05) is 24.3 Å². The fourth-order valence-corrected chi connectivity index (χ4v) is 4.31. The van der Waals surface area contributed by atoms with Crippen LogP contribution in [0, 0.1) is 28.6 Å². The Hall–Kier alpha value is -4.24. The smallest absolute Gasteiger partial charge is 0.129 e. The summed E-state index contributed by atoms with van der Waals surface area (Å²) in [5.74, 6) is 0.500. The van der Waals surface area contributed by atoms with Gasteiger partial charge in [-0.25, -0.2) is 0 Å². The Kier molecular flexibility index (Phi) is 4.19. The van der Waals surface area contributed by atoms with Crippen LogP contribution in [0.5, 0.6) is 0 Å². The molecule has 5 rings (SSSR count). The van der Waals surface area contributed by atoms with Gasteiger partial charge < -0.3 is 5.73 Å². The summed E-state index contributed by atoms with van der Waals surface area (Å²) in [5.41, 5.74) is 9.76. The third kappa shape index (κ3) is 2.90. The fourth-order valence-electron chi connectivity index (χ4n) is 4.31. The van der Waals surface area contributed by atoms with E-state index in [2.05, 4.69) is 27.3 Å². The topological polar surface area (TPSA) is 135 Å². The molecule has 1 aromatic carbocycles. The van der Waals surface area contributed by atoms with Crippen molar-refractivity contribution < 1.29 is 0 Å². The molecule has 0 bridgehead atoms. The highest BCUT2D eigenvalue weighted by Gasteiger charge is 2.48. The summed E-state index contributed by atoms with van der Waals surface area (Å²) in [6.45, 7) is 0. The minimum atomic E-state index is -0.521. The Labute approximate surface area is 178 Å². The van der Waals surface area contributed by atoms with Gasteiger partial charge >= 0.3 is 0 Å². The molecular weight excluding hydrogens is 390 g/mol. The number of nitrogen functional groups attached to an aromatic ring is 1. The lowest BCUT2D eigenvalue weighted by Crippen LogP contribution is -2.47. The summed E-state index contributed by atoms with van der Waals surface area (Å²) in [7, 11) is 1.80. The summed E-state index contributed by atoms with van der Waals surface area (Å²) >= 11 is 0. The molecule has 0 amide bonds. The van der Waals surface area contributed by atoms with Gasteiger partial charge in [0.1, 0.15) is 11.5 Å². The maximum Gasteiger partial charge on any atom is 0.129 e. The number of hydrogen-bond donors (Lipinski definition) is 1. The summed E-state index contributed by atoms with van der Waals surface area (Å²) in [5, 5.41) is 32.9. The Morgan fingerprint density at radius 2 is 2.03 bits per heavy atom. The summed E-state index contributed by atoms with van der Waals surface area (Å²) < 4.78 is 1.63. The number of nitrogens with two attached hydrogens (primary N) is 1. The van der Waals surface area contributed by atoms with Crippen molar-refractivity contribution in [2.75, 3.05) is 5.73 Å². The molecule has 4 aromatic rings. The zero-order valence-corrected chi connectivity index (χ0v) is 16.9. The molecule has 1 aliphatic carbocycles. The zero-order valence-electron chi connectivity index (χ0n) is 16.9.